The maximum absolute atomic E-state index is 8.81. The molecule has 0 atom stereocenters. The first-order chi connectivity index (χ1) is 6.27. The first-order valence-electron chi connectivity index (χ1n) is 4.50. The van der Waals surface area contributed by atoms with E-state index in [9.17, 15) is 0 Å². The third kappa shape index (κ3) is 3.06. The Labute approximate surface area is 83.0 Å². The fraction of sp³-hybridized carbons (Fsp3) is 0.667. The van der Waals surface area contributed by atoms with Gasteiger partial charge in [0, 0.05) is 18.0 Å². The van der Waals surface area contributed by atoms with Gasteiger partial charge in [-0.15, -0.1) is 11.3 Å². The van der Waals surface area contributed by atoms with Gasteiger partial charge in [0.2, 0.25) is 0 Å². The summed E-state index contributed by atoms with van der Waals surface area (Å²) in [5.74, 6) is 0. The summed E-state index contributed by atoms with van der Waals surface area (Å²) in [5.41, 5.74) is 2.98. The van der Waals surface area contributed by atoms with Crippen molar-refractivity contribution < 1.29 is 5.11 Å². The molecule has 1 aromatic heterocycles. The second-order valence-corrected chi connectivity index (χ2v) is 3.89. The topological polar surface area (TPSA) is 36.4 Å². The molecular weight excluding hydrogens is 184 g/mol. The van der Waals surface area contributed by atoms with Crippen LogP contribution in [0.5, 0.6) is 0 Å². The van der Waals surface area contributed by atoms with Crippen molar-refractivity contribution in [1.29, 1.82) is 0 Å². The van der Waals surface area contributed by atoms with E-state index in [0.29, 0.717) is 0 Å². The Morgan fingerprint density at radius 3 is 2.85 bits per heavy atom. The third-order valence-corrected chi connectivity index (χ3v) is 3.00. The van der Waals surface area contributed by atoms with Crippen LogP contribution in [0.2, 0.25) is 0 Å². The van der Waals surface area contributed by atoms with Crippen molar-refractivity contribution in [2.75, 3.05) is 19.7 Å². The molecule has 3 nitrogen and oxygen atoms in total. The monoisotopic (exact) mass is 200 g/mol. The van der Waals surface area contributed by atoms with E-state index in [2.05, 4.69) is 16.8 Å². The highest BCUT2D eigenvalue weighted by Crippen LogP contribution is 2.14. The van der Waals surface area contributed by atoms with Gasteiger partial charge < -0.3 is 5.11 Å². The molecule has 74 valence electrons. The Morgan fingerprint density at radius 2 is 2.38 bits per heavy atom. The van der Waals surface area contributed by atoms with E-state index in [4.69, 9.17) is 5.11 Å². The summed E-state index contributed by atoms with van der Waals surface area (Å²) in [5, 5.41) is 8.81. The van der Waals surface area contributed by atoms with Crippen LogP contribution in [0, 0.1) is 6.92 Å². The molecule has 1 rings (SSSR count). The molecule has 0 fully saturated rings. The molecule has 4 heteroatoms. The molecule has 0 unspecified atom stereocenters. The van der Waals surface area contributed by atoms with Crippen LogP contribution < -0.4 is 0 Å². The number of hydrogen-bond donors (Lipinski definition) is 1. The molecule has 13 heavy (non-hydrogen) atoms. The first kappa shape index (κ1) is 10.6. The van der Waals surface area contributed by atoms with Crippen LogP contribution in [0.15, 0.2) is 5.51 Å². The van der Waals surface area contributed by atoms with Crippen molar-refractivity contribution in [3.63, 3.8) is 0 Å². The van der Waals surface area contributed by atoms with E-state index in [1.165, 1.54) is 4.88 Å². The van der Waals surface area contributed by atoms with E-state index in [1.54, 1.807) is 11.3 Å². The molecule has 0 radical (unpaired) electrons. The van der Waals surface area contributed by atoms with Crippen LogP contribution in [0.4, 0.5) is 0 Å². The molecule has 0 spiro atoms. The van der Waals surface area contributed by atoms with Crippen molar-refractivity contribution in [2.45, 2.75) is 20.4 Å². The van der Waals surface area contributed by atoms with Gasteiger partial charge in [0.1, 0.15) is 0 Å². The average molecular weight is 200 g/mol. The molecule has 1 aromatic rings. The molecule has 1 N–H and O–H groups in total. The SMILES string of the molecule is CCN(CCO)Cc1scnc1C. The molecule has 0 bridgehead atoms. The van der Waals surface area contributed by atoms with E-state index in [-0.39, 0.29) is 6.61 Å². The number of aromatic nitrogens is 1. The molecule has 0 aliphatic rings. The Bertz CT molecular complexity index is 250. The van der Waals surface area contributed by atoms with Gasteiger partial charge in [-0.05, 0) is 13.5 Å². The van der Waals surface area contributed by atoms with Crippen molar-refractivity contribution in [1.82, 2.24) is 9.88 Å². The van der Waals surface area contributed by atoms with Crippen molar-refractivity contribution in [2.24, 2.45) is 0 Å². The van der Waals surface area contributed by atoms with Crippen LogP contribution in [0.3, 0.4) is 0 Å². The minimum Gasteiger partial charge on any atom is -0.395 e. The van der Waals surface area contributed by atoms with Crippen LogP contribution in [-0.2, 0) is 6.54 Å². The Hall–Kier alpha value is -0.450. The minimum atomic E-state index is 0.228. The maximum atomic E-state index is 8.81. The Balaban J connectivity index is 2.51. The Morgan fingerprint density at radius 1 is 1.62 bits per heavy atom. The first-order valence-corrected chi connectivity index (χ1v) is 5.38. The summed E-state index contributed by atoms with van der Waals surface area (Å²) < 4.78 is 0. The van der Waals surface area contributed by atoms with Gasteiger partial charge in [-0.3, -0.25) is 4.90 Å². The number of likely N-dealkylation sites (N-methyl/N-ethyl adjacent to an activating group) is 1. The lowest BCUT2D eigenvalue weighted by Crippen LogP contribution is -2.25. The number of aliphatic hydroxyl groups is 1. The molecule has 0 aromatic carbocycles. The third-order valence-electron chi connectivity index (χ3n) is 2.08. The normalized spacial score (nSPS) is 11.1. The van der Waals surface area contributed by atoms with Gasteiger partial charge >= 0.3 is 0 Å². The smallest absolute Gasteiger partial charge is 0.0798 e. The highest BCUT2D eigenvalue weighted by molar-refractivity contribution is 7.09. The number of rotatable bonds is 5. The van der Waals surface area contributed by atoms with Gasteiger partial charge in [0.15, 0.2) is 0 Å². The van der Waals surface area contributed by atoms with Crippen molar-refractivity contribution in [3.8, 4) is 0 Å². The zero-order chi connectivity index (χ0) is 9.68. The van der Waals surface area contributed by atoms with E-state index in [1.807, 2.05) is 12.4 Å². The van der Waals surface area contributed by atoms with E-state index in [0.717, 1.165) is 25.3 Å². The maximum Gasteiger partial charge on any atom is 0.0798 e. The van der Waals surface area contributed by atoms with Crippen LogP contribution >= 0.6 is 11.3 Å². The number of aryl methyl sites for hydroxylation is 1. The standard InChI is InChI=1S/C9H16N2OS/c1-3-11(4-5-12)6-9-8(2)10-7-13-9/h7,12H,3-6H2,1-2H3. The summed E-state index contributed by atoms with van der Waals surface area (Å²) in [4.78, 5) is 7.70. The number of thiazole rings is 1. The molecule has 0 amide bonds. The summed E-state index contributed by atoms with van der Waals surface area (Å²) in [6.07, 6.45) is 0. The fourth-order valence-corrected chi connectivity index (χ4v) is 1.99. The minimum absolute atomic E-state index is 0.228. The Kier molecular flexibility index (Phi) is 4.35. The zero-order valence-corrected chi connectivity index (χ0v) is 8.97. The molecule has 0 aliphatic heterocycles. The predicted octanol–water partition coefficient (Wildman–Crippen LogP) is 1.27. The van der Waals surface area contributed by atoms with Gasteiger partial charge in [0.05, 0.1) is 17.8 Å². The lowest BCUT2D eigenvalue weighted by molar-refractivity contribution is 0.197. The number of hydrogen-bond acceptors (Lipinski definition) is 4. The predicted molar refractivity (Wildman–Crippen MR) is 54.9 cm³/mol. The lowest BCUT2D eigenvalue weighted by atomic mass is 10.3. The summed E-state index contributed by atoms with van der Waals surface area (Å²) in [6.45, 7) is 6.98. The van der Waals surface area contributed by atoms with Crippen molar-refractivity contribution >= 4 is 11.3 Å². The fourth-order valence-electron chi connectivity index (χ4n) is 1.17. The molecular formula is C9H16N2OS. The van der Waals surface area contributed by atoms with Gasteiger partial charge in [-0.25, -0.2) is 4.98 Å². The molecule has 0 saturated heterocycles. The summed E-state index contributed by atoms with van der Waals surface area (Å²) in [7, 11) is 0. The summed E-state index contributed by atoms with van der Waals surface area (Å²) >= 11 is 1.68. The second-order valence-electron chi connectivity index (χ2n) is 2.95. The quantitative estimate of drug-likeness (QED) is 0.777. The lowest BCUT2D eigenvalue weighted by Gasteiger charge is -2.17. The molecule has 0 saturated carbocycles. The zero-order valence-electron chi connectivity index (χ0n) is 8.16. The van der Waals surface area contributed by atoms with E-state index >= 15 is 0 Å². The largest absolute Gasteiger partial charge is 0.395 e. The average Bonchev–Trinajstić information content (AvgIpc) is 2.51. The van der Waals surface area contributed by atoms with Crippen LogP contribution in [0.25, 0.3) is 0 Å². The number of nitrogens with zero attached hydrogens (tertiary/aromatic N) is 2. The summed E-state index contributed by atoms with van der Waals surface area (Å²) in [6, 6.07) is 0. The molecule has 0 aliphatic carbocycles. The van der Waals surface area contributed by atoms with Gasteiger partial charge in [0.25, 0.3) is 0 Å². The highest BCUT2D eigenvalue weighted by Gasteiger charge is 2.06. The van der Waals surface area contributed by atoms with Gasteiger partial charge in [-0.1, -0.05) is 6.92 Å². The molecule has 1 heterocycles. The second kappa shape index (κ2) is 5.32. The number of aliphatic hydroxyl groups excluding tert-OH is 1. The van der Waals surface area contributed by atoms with Crippen LogP contribution in [0.1, 0.15) is 17.5 Å². The van der Waals surface area contributed by atoms with Crippen molar-refractivity contribution in [3.05, 3.63) is 16.1 Å². The highest BCUT2D eigenvalue weighted by atomic mass is 32.1. The van der Waals surface area contributed by atoms with E-state index < -0.39 is 0 Å². The van der Waals surface area contributed by atoms with Crippen LogP contribution in [-0.4, -0.2) is 34.7 Å². The van der Waals surface area contributed by atoms with Gasteiger partial charge in [-0.2, -0.15) is 0 Å².